The van der Waals surface area contributed by atoms with Gasteiger partial charge in [0.15, 0.2) is 0 Å². The molecule has 0 aliphatic heterocycles. The molecule has 1 fully saturated rings. The summed E-state index contributed by atoms with van der Waals surface area (Å²) in [5.74, 6) is 0.0769. The lowest BCUT2D eigenvalue weighted by molar-refractivity contribution is -0.115. The largest absolute Gasteiger partial charge is 0.464 e. The van der Waals surface area contributed by atoms with Crippen molar-refractivity contribution in [2.75, 3.05) is 5.32 Å². The summed E-state index contributed by atoms with van der Waals surface area (Å²) >= 11 is 0. The van der Waals surface area contributed by atoms with Crippen LogP contribution >= 0.6 is 0 Å². The second-order valence-electron chi connectivity index (χ2n) is 8.14. The van der Waals surface area contributed by atoms with E-state index in [1.807, 2.05) is 12.1 Å². The van der Waals surface area contributed by atoms with Crippen LogP contribution in [0.1, 0.15) is 59.7 Å². The van der Waals surface area contributed by atoms with Crippen molar-refractivity contribution in [3.8, 4) is 0 Å². The summed E-state index contributed by atoms with van der Waals surface area (Å²) in [6, 6.07) is 11.5. The zero-order valence-corrected chi connectivity index (χ0v) is 17.0. The number of benzene rings is 2. The SMILES string of the molecule is Cc1cc2occ(CC(=O)Nc3ccccc3C(=O)NC3CC3)c2cc1C(C)C. The van der Waals surface area contributed by atoms with Crippen molar-refractivity contribution in [2.45, 2.75) is 52.0 Å². The molecule has 5 heteroatoms. The Balaban J connectivity index is 1.53. The third-order valence-electron chi connectivity index (χ3n) is 5.37. The number of hydrogen-bond donors (Lipinski definition) is 2. The van der Waals surface area contributed by atoms with Gasteiger partial charge < -0.3 is 15.1 Å². The topological polar surface area (TPSA) is 71.3 Å². The van der Waals surface area contributed by atoms with E-state index >= 15 is 0 Å². The maximum atomic E-state index is 12.7. The maximum Gasteiger partial charge on any atom is 0.253 e. The number of aryl methyl sites for hydroxylation is 1. The number of carbonyl (C=O) groups excluding carboxylic acids is 2. The molecule has 1 aliphatic carbocycles. The summed E-state index contributed by atoms with van der Waals surface area (Å²) in [5.41, 5.74) is 5.10. The van der Waals surface area contributed by atoms with Crippen molar-refractivity contribution in [3.63, 3.8) is 0 Å². The van der Waals surface area contributed by atoms with Crippen molar-refractivity contribution in [2.24, 2.45) is 0 Å². The number of anilines is 1. The Hall–Kier alpha value is -3.08. The highest BCUT2D eigenvalue weighted by Crippen LogP contribution is 2.29. The van der Waals surface area contributed by atoms with Crippen LogP contribution in [0, 0.1) is 6.92 Å². The first kappa shape index (κ1) is 19.2. The fraction of sp³-hybridized carbons (Fsp3) is 0.333. The van der Waals surface area contributed by atoms with Crippen LogP contribution in [0.2, 0.25) is 0 Å². The van der Waals surface area contributed by atoms with Gasteiger partial charge in [0.25, 0.3) is 5.91 Å². The van der Waals surface area contributed by atoms with Crippen LogP contribution in [-0.4, -0.2) is 17.9 Å². The molecular formula is C24H26N2O3. The fourth-order valence-electron chi connectivity index (χ4n) is 3.65. The number of fused-ring (bicyclic) bond motifs is 1. The minimum Gasteiger partial charge on any atom is -0.464 e. The predicted octanol–water partition coefficient (Wildman–Crippen LogP) is 4.94. The van der Waals surface area contributed by atoms with E-state index in [0.29, 0.717) is 17.2 Å². The quantitative estimate of drug-likeness (QED) is 0.626. The molecule has 29 heavy (non-hydrogen) atoms. The Bertz CT molecular complexity index is 1080. The molecule has 4 rings (SSSR count). The van der Waals surface area contributed by atoms with Crippen LogP contribution in [0.15, 0.2) is 47.1 Å². The molecule has 0 spiro atoms. The second kappa shape index (κ2) is 7.74. The van der Waals surface area contributed by atoms with Crippen molar-refractivity contribution >= 4 is 28.5 Å². The molecule has 150 valence electrons. The minimum atomic E-state index is -0.175. The normalized spacial score (nSPS) is 13.7. The Labute approximate surface area is 170 Å². The van der Waals surface area contributed by atoms with Crippen LogP contribution in [0.4, 0.5) is 5.69 Å². The summed E-state index contributed by atoms with van der Waals surface area (Å²) in [7, 11) is 0. The molecule has 0 bridgehead atoms. The van der Waals surface area contributed by atoms with E-state index in [1.165, 1.54) is 11.1 Å². The van der Waals surface area contributed by atoms with Crippen LogP contribution in [0.3, 0.4) is 0 Å². The smallest absolute Gasteiger partial charge is 0.253 e. The van der Waals surface area contributed by atoms with Crippen molar-refractivity contribution in [1.29, 1.82) is 0 Å². The Morgan fingerprint density at radius 2 is 1.93 bits per heavy atom. The van der Waals surface area contributed by atoms with Gasteiger partial charge in [-0.05, 0) is 61.1 Å². The van der Waals surface area contributed by atoms with E-state index in [4.69, 9.17) is 4.42 Å². The van der Waals surface area contributed by atoms with Crippen molar-refractivity contribution in [3.05, 3.63) is 64.9 Å². The van der Waals surface area contributed by atoms with Gasteiger partial charge in [0, 0.05) is 17.0 Å². The van der Waals surface area contributed by atoms with E-state index in [0.717, 1.165) is 29.4 Å². The molecule has 1 heterocycles. The van der Waals surface area contributed by atoms with E-state index in [-0.39, 0.29) is 24.3 Å². The average molecular weight is 390 g/mol. The predicted molar refractivity (Wildman–Crippen MR) is 114 cm³/mol. The molecule has 2 aromatic carbocycles. The second-order valence-corrected chi connectivity index (χ2v) is 8.14. The van der Waals surface area contributed by atoms with Crippen molar-refractivity contribution < 1.29 is 14.0 Å². The van der Waals surface area contributed by atoms with E-state index in [1.54, 1.807) is 24.5 Å². The first-order valence-electron chi connectivity index (χ1n) is 10.1. The van der Waals surface area contributed by atoms with Gasteiger partial charge in [-0.25, -0.2) is 0 Å². The summed E-state index contributed by atoms with van der Waals surface area (Å²) in [6.45, 7) is 6.39. The molecule has 3 aromatic rings. The molecule has 1 aliphatic rings. The van der Waals surface area contributed by atoms with E-state index in [9.17, 15) is 9.59 Å². The van der Waals surface area contributed by atoms with Gasteiger partial charge in [-0.2, -0.15) is 0 Å². The van der Waals surface area contributed by atoms with E-state index < -0.39 is 0 Å². The highest BCUT2D eigenvalue weighted by Gasteiger charge is 2.25. The number of furan rings is 1. The van der Waals surface area contributed by atoms with Gasteiger partial charge in [-0.15, -0.1) is 0 Å². The molecule has 5 nitrogen and oxygen atoms in total. The first-order chi connectivity index (χ1) is 13.9. The van der Waals surface area contributed by atoms with Gasteiger partial charge >= 0.3 is 0 Å². The average Bonchev–Trinajstić information content (AvgIpc) is 3.41. The van der Waals surface area contributed by atoms with Crippen molar-refractivity contribution in [1.82, 2.24) is 5.32 Å². The molecule has 0 atom stereocenters. The lowest BCUT2D eigenvalue weighted by Gasteiger charge is -2.11. The van der Waals surface area contributed by atoms with Gasteiger partial charge in [0.2, 0.25) is 5.91 Å². The number of para-hydroxylation sites is 1. The number of amides is 2. The summed E-state index contributed by atoms with van der Waals surface area (Å²) in [5, 5.41) is 6.83. The van der Waals surface area contributed by atoms with Gasteiger partial charge in [-0.3, -0.25) is 9.59 Å². The fourth-order valence-corrected chi connectivity index (χ4v) is 3.65. The number of rotatable bonds is 6. The lowest BCUT2D eigenvalue weighted by Crippen LogP contribution is -2.27. The summed E-state index contributed by atoms with van der Waals surface area (Å²) in [4.78, 5) is 25.2. The Morgan fingerprint density at radius 1 is 1.17 bits per heavy atom. The van der Waals surface area contributed by atoms with Gasteiger partial charge in [-0.1, -0.05) is 26.0 Å². The van der Waals surface area contributed by atoms with E-state index in [2.05, 4.69) is 37.5 Å². The zero-order valence-electron chi connectivity index (χ0n) is 17.0. The zero-order chi connectivity index (χ0) is 20.5. The highest BCUT2D eigenvalue weighted by atomic mass is 16.3. The monoisotopic (exact) mass is 390 g/mol. The first-order valence-corrected chi connectivity index (χ1v) is 10.1. The highest BCUT2D eigenvalue weighted by molar-refractivity contribution is 6.04. The minimum absolute atomic E-state index is 0.144. The lowest BCUT2D eigenvalue weighted by atomic mass is 9.95. The number of carbonyl (C=O) groups is 2. The molecule has 0 radical (unpaired) electrons. The molecule has 1 saturated carbocycles. The Kier molecular flexibility index (Phi) is 5.14. The van der Waals surface area contributed by atoms with Gasteiger partial charge in [0.05, 0.1) is 23.9 Å². The third-order valence-corrected chi connectivity index (χ3v) is 5.37. The molecule has 2 amide bonds. The van der Waals surface area contributed by atoms with Crippen LogP contribution in [0.5, 0.6) is 0 Å². The third kappa shape index (κ3) is 4.19. The van der Waals surface area contributed by atoms with Gasteiger partial charge in [0.1, 0.15) is 5.58 Å². The number of nitrogens with one attached hydrogen (secondary N) is 2. The summed E-state index contributed by atoms with van der Waals surface area (Å²) in [6.07, 6.45) is 3.88. The standard InChI is InChI=1S/C24H26N2O3/c1-14(2)19-12-20-16(13-29-22(20)10-15(19)3)11-23(27)26-21-7-5-4-6-18(21)24(28)25-17-8-9-17/h4-7,10,12-14,17H,8-9,11H2,1-3H3,(H,25,28)(H,26,27). The maximum absolute atomic E-state index is 12.7. The molecule has 0 unspecified atom stereocenters. The molecule has 2 N–H and O–H groups in total. The molecular weight excluding hydrogens is 364 g/mol. The van der Waals surface area contributed by atoms with Crippen LogP contribution in [0.25, 0.3) is 11.0 Å². The summed E-state index contributed by atoms with van der Waals surface area (Å²) < 4.78 is 5.68. The van der Waals surface area contributed by atoms with Crippen LogP contribution < -0.4 is 10.6 Å². The molecule has 0 saturated heterocycles. The Morgan fingerprint density at radius 3 is 2.66 bits per heavy atom. The van der Waals surface area contributed by atoms with Crippen LogP contribution in [-0.2, 0) is 11.2 Å². The molecule has 1 aromatic heterocycles. The number of hydrogen-bond acceptors (Lipinski definition) is 3.